The predicted octanol–water partition coefficient (Wildman–Crippen LogP) is 3.38. The van der Waals surface area contributed by atoms with Gasteiger partial charge in [0.1, 0.15) is 12.4 Å². The number of pyridine rings is 1. The molecule has 36 heavy (non-hydrogen) atoms. The van der Waals surface area contributed by atoms with Crippen LogP contribution < -0.4 is 4.74 Å². The van der Waals surface area contributed by atoms with E-state index in [1.54, 1.807) is 12.1 Å². The second-order valence-corrected chi connectivity index (χ2v) is 11.9. The second-order valence-electron chi connectivity index (χ2n) is 9.91. The zero-order valence-electron chi connectivity index (χ0n) is 20.4. The molecule has 0 radical (unpaired) electrons. The van der Waals surface area contributed by atoms with Gasteiger partial charge in [-0.1, -0.05) is 12.1 Å². The third kappa shape index (κ3) is 4.60. The van der Waals surface area contributed by atoms with Crippen LogP contribution >= 0.6 is 0 Å². The Hall–Kier alpha value is -2.95. The summed E-state index contributed by atoms with van der Waals surface area (Å²) in [7, 11) is -3.19. The van der Waals surface area contributed by atoms with E-state index in [-0.39, 0.29) is 0 Å². The standard InChI is InChI=1S/C26H31N5O4S/c1-36(32,33)22-6-4-18(5-7-22)19-2-3-20(14-19)23-15-21(35-13-10-30-8-11-34-12-9-30)17-31-25(23)24-16-27-28-26(24)29-31/h4-7,15-17,19-20H,2-3,8-14H2,1H3,(H,28,29). The summed E-state index contributed by atoms with van der Waals surface area (Å²) in [5, 5.41) is 12.9. The summed E-state index contributed by atoms with van der Waals surface area (Å²) in [6.07, 6.45) is 8.15. The highest BCUT2D eigenvalue weighted by Gasteiger charge is 2.30. The maximum atomic E-state index is 11.8. The van der Waals surface area contributed by atoms with Crippen LogP contribution in [0.15, 0.2) is 47.6 Å². The van der Waals surface area contributed by atoms with Crippen LogP contribution in [0.1, 0.15) is 42.2 Å². The summed E-state index contributed by atoms with van der Waals surface area (Å²) in [4.78, 5) is 2.73. The van der Waals surface area contributed by atoms with Crippen molar-refractivity contribution in [3.05, 3.63) is 53.9 Å². The molecule has 1 aliphatic heterocycles. The normalized spacial score (nSPS) is 21.5. The van der Waals surface area contributed by atoms with Crippen molar-refractivity contribution in [2.45, 2.75) is 36.0 Å². The number of H-pyrrole nitrogens is 1. The third-order valence-electron chi connectivity index (χ3n) is 7.56. The van der Waals surface area contributed by atoms with Gasteiger partial charge in [0, 0.05) is 25.9 Å². The molecule has 0 amide bonds. The van der Waals surface area contributed by atoms with Gasteiger partial charge in [0.15, 0.2) is 15.5 Å². The lowest BCUT2D eigenvalue weighted by Gasteiger charge is -2.26. The fourth-order valence-electron chi connectivity index (χ4n) is 5.63. The fraction of sp³-hybridized carbons (Fsp3) is 0.462. The summed E-state index contributed by atoms with van der Waals surface area (Å²) in [5.41, 5.74) is 4.28. The smallest absolute Gasteiger partial charge is 0.178 e. The molecule has 2 unspecified atom stereocenters. The number of fused-ring (bicyclic) bond motifs is 3. The van der Waals surface area contributed by atoms with E-state index in [0.717, 1.165) is 74.4 Å². The van der Waals surface area contributed by atoms with Crippen LogP contribution in [0.25, 0.3) is 16.6 Å². The first kappa shape index (κ1) is 23.4. The summed E-state index contributed by atoms with van der Waals surface area (Å²) in [6, 6.07) is 9.58. The Morgan fingerprint density at radius 2 is 1.92 bits per heavy atom. The minimum atomic E-state index is -3.19. The Balaban J connectivity index is 1.25. The van der Waals surface area contributed by atoms with Gasteiger partial charge in [0.2, 0.25) is 0 Å². The number of benzene rings is 1. The summed E-state index contributed by atoms with van der Waals surface area (Å²) >= 11 is 0. The van der Waals surface area contributed by atoms with Crippen LogP contribution in [0, 0.1) is 0 Å². The number of nitrogens with one attached hydrogen (secondary N) is 1. The monoisotopic (exact) mass is 509 g/mol. The van der Waals surface area contributed by atoms with E-state index in [9.17, 15) is 8.42 Å². The van der Waals surface area contributed by atoms with Gasteiger partial charge in [-0.3, -0.25) is 10.00 Å². The molecule has 1 aliphatic carbocycles. The van der Waals surface area contributed by atoms with E-state index in [1.807, 2.05) is 29.0 Å². The summed E-state index contributed by atoms with van der Waals surface area (Å²) < 4.78 is 37.3. The van der Waals surface area contributed by atoms with E-state index < -0.39 is 9.84 Å². The average molecular weight is 510 g/mol. The van der Waals surface area contributed by atoms with Gasteiger partial charge in [-0.25, -0.2) is 12.9 Å². The highest BCUT2D eigenvalue weighted by molar-refractivity contribution is 7.90. The third-order valence-corrected chi connectivity index (χ3v) is 8.69. The number of morpholine rings is 1. The maximum absolute atomic E-state index is 11.8. The molecule has 10 heteroatoms. The van der Waals surface area contributed by atoms with Gasteiger partial charge in [0.25, 0.3) is 0 Å². The molecule has 0 bridgehead atoms. The lowest BCUT2D eigenvalue weighted by Crippen LogP contribution is -2.38. The van der Waals surface area contributed by atoms with E-state index in [0.29, 0.717) is 23.3 Å². The van der Waals surface area contributed by atoms with E-state index >= 15 is 0 Å². The van der Waals surface area contributed by atoms with Gasteiger partial charge in [-0.05, 0) is 60.4 Å². The van der Waals surface area contributed by atoms with Crippen molar-refractivity contribution in [3.8, 4) is 5.75 Å². The predicted molar refractivity (Wildman–Crippen MR) is 136 cm³/mol. The zero-order chi connectivity index (χ0) is 24.7. The molecule has 6 rings (SSSR count). The van der Waals surface area contributed by atoms with Crippen molar-refractivity contribution in [2.75, 3.05) is 45.7 Å². The van der Waals surface area contributed by atoms with Gasteiger partial charge >= 0.3 is 0 Å². The summed E-state index contributed by atoms with van der Waals surface area (Å²) in [5.74, 6) is 1.56. The number of rotatable bonds is 7. The van der Waals surface area contributed by atoms with Gasteiger partial charge in [0.05, 0.1) is 41.4 Å². The Morgan fingerprint density at radius 1 is 1.14 bits per heavy atom. The average Bonchev–Trinajstić information content (AvgIpc) is 3.60. The molecule has 4 heterocycles. The molecule has 4 aromatic rings. The number of sulfone groups is 1. The van der Waals surface area contributed by atoms with E-state index in [1.165, 1.54) is 17.4 Å². The molecule has 1 saturated carbocycles. The van der Waals surface area contributed by atoms with Crippen LogP contribution in [-0.2, 0) is 14.6 Å². The Bertz CT molecular complexity index is 1470. The zero-order valence-corrected chi connectivity index (χ0v) is 21.2. The van der Waals surface area contributed by atoms with Crippen molar-refractivity contribution in [1.82, 2.24) is 24.7 Å². The lowest BCUT2D eigenvalue weighted by molar-refractivity contribution is 0.0322. The Morgan fingerprint density at radius 3 is 2.69 bits per heavy atom. The number of aromatic nitrogens is 4. The maximum Gasteiger partial charge on any atom is 0.178 e. The first-order valence-corrected chi connectivity index (χ1v) is 14.4. The molecule has 2 atom stereocenters. The van der Waals surface area contributed by atoms with Gasteiger partial charge in [-0.2, -0.15) is 5.10 Å². The molecule has 2 fully saturated rings. The molecule has 190 valence electrons. The molecular weight excluding hydrogens is 478 g/mol. The minimum Gasteiger partial charge on any atom is -0.491 e. The molecule has 2 aliphatic rings. The lowest BCUT2D eigenvalue weighted by atomic mass is 9.92. The molecule has 1 saturated heterocycles. The molecule has 0 spiro atoms. The molecule has 9 nitrogen and oxygen atoms in total. The van der Waals surface area contributed by atoms with Crippen LogP contribution in [0.5, 0.6) is 5.75 Å². The highest BCUT2D eigenvalue weighted by atomic mass is 32.2. The topological polar surface area (TPSA) is 102 Å². The van der Waals surface area contributed by atoms with Crippen LogP contribution in [-0.4, -0.2) is 78.8 Å². The Labute approximate surface area is 210 Å². The molecule has 3 aromatic heterocycles. The first-order valence-electron chi connectivity index (χ1n) is 12.5. The van der Waals surface area contributed by atoms with Crippen molar-refractivity contribution in [3.63, 3.8) is 0 Å². The second kappa shape index (κ2) is 9.49. The molecule has 1 N–H and O–H groups in total. The first-order chi connectivity index (χ1) is 17.5. The molecular formula is C26H31N5O4S. The van der Waals surface area contributed by atoms with E-state index in [4.69, 9.17) is 14.6 Å². The number of ether oxygens (including phenoxy) is 2. The highest BCUT2D eigenvalue weighted by Crippen LogP contribution is 2.46. The van der Waals surface area contributed by atoms with E-state index in [2.05, 4.69) is 21.2 Å². The number of hydrogen-bond acceptors (Lipinski definition) is 7. The largest absolute Gasteiger partial charge is 0.491 e. The van der Waals surface area contributed by atoms with Gasteiger partial charge in [-0.15, -0.1) is 5.10 Å². The minimum absolute atomic E-state index is 0.352. The van der Waals surface area contributed by atoms with Crippen LogP contribution in [0.3, 0.4) is 0 Å². The van der Waals surface area contributed by atoms with Crippen LogP contribution in [0.2, 0.25) is 0 Å². The SMILES string of the molecule is CS(=O)(=O)c1ccc(C2CCC(c3cc(OCCN4CCOCC4)cn4nc5[nH]ncc5c34)C2)cc1. The quantitative estimate of drug-likeness (QED) is 0.408. The Kier molecular flexibility index (Phi) is 6.18. The van der Waals surface area contributed by atoms with Gasteiger partial charge < -0.3 is 9.47 Å². The van der Waals surface area contributed by atoms with Crippen molar-refractivity contribution >= 4 is 26.4 Å². The van der Waals surface area contributed by atoms with Crippen molar-refractivity contribution < 1.29 is 17.9 Å². The van der Waals surface area contributed by atoms with Crippen LogP contribution in [0.4, 0.5) is 0 Å². The number of nitrogens with zero attached hydrogens (tertiary/aromatic N) is 4. The number of aromatic amines is 1. The van der Waals surface area contributed by atoms with Crippen molar-refractivity contribution in [1.29, 1.82) is 0 Å². The van der Waals surface area contributed by atoms with Crippen molar-refractivity contribution in [2.24, 2.45) is 0 Å². The fourth-order valence-corrected chi connectivity index (χ4v) is 6.26. The molecule has 1 aromatic carbocycles. The summed E-state index contributed by atoms with van der Waals surface area (Å²) in [6.45, 7) is 4.94. The number of hydrogen-bond donors (Lipinski definition) is 1.